The van der Waals surface area contributed by atoms with E-state index in [9.17, 15) is 9.59 Å². The number of H-pyrrole nitrogens is 1. The second-order valence-corrected chi connectivity index (χ2v) is 10.8. The van der Waals surface area contributed by atoms with Gasteiger partial charge in [0.05, 0.1) is 22.9 Å². The number of carbonyl (C=O) groups is 1. The number of allylic oxidation sites excluding steroid dienone is 1. The molecule has 40 heavy (non-hydrogen) atoms. The number of rotatable bonds is 6. The first kappa shape index (κ1) is 25.8. The molecule has 2 aromatic heterocycles. The predicted octanol–water partition coefficient (Wildman–Crippen LogP) is 4.75. The van der Waals surface area contributed by atoms with E-state index in [0.29, 0.717) is 39.4 Å². The number of benzene rings is 3. The molecule has 0 spiro atoms. The standard InChI is InChI=1S/C32H30N4O3S/c1-5-35(6-2)31(38)27-19(3)34-32-36(29(27)28-23-13-8-7-11-20(23)15-16-25(28)39-4)30(37)26(40-32)17-21-18-33-24-14-10-9-12-22(21)24/h7-18,29,33H,5-6H2,1-4H3/b26-17+/t29-/m1/s1. The molecule has 1 atom stereocenters. The van der Waals surface area contributed by atoms with Gasteiger partial charge in [-0.15, -0.1) is 0 Å². The van der Waals surface area contributed by atoms with Crippen LogP contribution in [0.15, 0.2) is 87.9 Å². The van der Waals surface area contributed by atoms with Crippen LogP contribution in [0, 0.1) is 0 Å². The van der Waals surface area contributed by atoms with Gasteiger partial charge in [-0.1, -0.05) is 59.9 Å². The van der Waals surface area contributed by atoms with Crippen LogP contribution in [0.4, 0.5) is 0 Å². The van der Waals surface area contributed by atoms with Crippen molar-refractivity contribution in [2.24, 2.45) is 4.99 Å². The van der Waals surface area contributed by atoms with Crippen molar-refractivity contribution < 1.29 is 9.53 Å². The third-order valence-corrected chi connectivity index (χ3v) is 8.62. The lowest BCUT2D eigenvalue weighted by atomic mass is 9.90. The zero-order chi connectivity index (χ0) is 28.0. The predicted molar refractivity (Wildman–Crippen MR) is 160 cm³/mol. The first-order chi connectivity index (χ1) is 19.5. The van der Waals surface area contributed by atoms with E-state index >= 15 is 0 Å². The van der Waals surface area contributed by atoms with Crippen LogP contribution in [0.25, 0.3) is 27.8 Å². The molecular formula is C32H30N4O3S. The lowest BCUT2D eigenvalue weighted by Crippen LogP contribution is -2.43. The van der Waals surface area contributed by atoms with Crippen molar-refractivity contribution in [2.45, 2.75) is 26.8 Å². The fraction of sp³-hybridized carbons (Fsp3) is 0.219. The topological polar surface area (TPSA) is 79.7 Å². The first-order valence-electron chi connectivity index (χ1n) is 13.4. The van der Waals surface area contributed by atoms with E-state index < -0.39 is 6.04 Å². The number of likely N-dealkylation sites (N-methyl/N-ethyl adjacent to an activating group) is 1. The molecule has 1 aliphatic heterocycles. The zero-order valence-electron chi connectivity index (χ0n) is 22.9. The Labute approximate surface area is 235 Å². The number of hydrogen-bond donors (Lipinski definition) is 1. The van der Waals surface area contributed by atoms with Crippen LogP contribution in [0.1, 0.15) is 37.9 Å². The second kappa shape index (κ2) is 10.3. The molecule has 8 heteroatoms. The van der Waals surface area contributed by atoms with E-state index in [1.807, 2.05) is 93.7 Å². The third kappa shape index (κ3) is 4.07. The highest BCUT2D eigenvalue weighted by atomic mass is 32.1. The lowest BCUT2D eigenvalue weighted by molar-refractivity contribution is -0.127. The Hall–Kier alpha value is -4.43. The molecule has 0 aliphatic carbocycles. The minimum atomic E-state index is -0.699. The van der Waals surface area contributed by atoms with Crippen LogP contribution < -0.4 is 19.6 Å². The summed E-state index contributed by atoms with van der Waals surface area (Å²) in [7, 11) is 1.62. The number of hydrogen-bond acceptors (Lipinski definition) is 5. The number of thiazole rings is 1. The van der Waals surface area contributed by atoms with Gasteiger partial charge >= 0.3 is 0 Å². The van der Waals surface area contributed by atoms with Gasteiger partial charge in [0.15, 0.2) is 4.80 Å². The number of aromatic amines is 1. The molecule has 0 radical (unpaired) electrons. The van der Waals surface area contributed by atoms with Crippen molar-refractivity contribution in [2.75, 3.05) is 20.2 Å². The number of ether oxygens (including phenoxy) is 1. The highest BCUT2D eigenvalue weighted by molar-refractivity contribution is 7.07. The number of aromatic nitrogens is 2. The molecule has 3 heterocycles. The van der Waals surface area contributed by atoms with Gasteiger partial charge in [-0.3, -0.25) is 14.2 Å². The molecule has 6 rings (SSSR count). The number of nitrogens with zero attached hydrogens (tertiary/aromatic N) is 3. The molecule has 0 unspecified atom stereocenters. The summed E-state index contributed by atoms with van der Waals surface area (Å²) in [6.45, 7) is 6.88. The molecule has 3 aromatic carbocycles. The number of para-hydroxylation sites is 1. The number of fused-ring (bicyclic) bond motifs is 3. The van der Waals surface area contributed by atoms with Crippen LogP contribution in [0.3, 0.4) is 0 Å². The largest absolute Gasteiger partial charge is 0.496 e. The molecule has 1 aliphatic rings. The SMILES string of the molecule is CCN(CC)C(=O)C1=C(C)N=c2s/c(=C/c3c[nH]c4ccccc34)c(=O)n2[C@H]1c1c(OC)ccc2ccccc12. The monoisotopic (exact) mass is 550 g/mol. The molecule has 0 saturated heterocycles. The quantitative estimate of drug-likeness (QED) is 0.332. The number of methoxy groups -OCH3 is 1. The summed E-state index contributed by atoms with van der Waals surface area (Å²) < 4.78 is 8.11. The maximum absolute atomic E-state index is 14.3. The van der Waals surface area contributed by atoms with E-state index in [-0.39, 0.29) is 11.5 Å². The average molecular weight is 551 g/mol. The van der Waals surface area contributed by atoms with Gasteiger partial charge in [-0.25, -0.2) is 4.99 Å². The highest BCUT2D eigenvalue weighted by Crippen LogP contribution is 2.40. The lowest BCUT2D eigenvalue weighted by Gasteiger charge is -2.30. The summed E-state index contributed by atoms with van der Waals surface area (Å²) in [6, 6.07) is 19.2. The van der Waals surface area contributed by atoms with Crippen molar-refractivity contribution in [3.63, 3.8) is 0 Å². The van der Waals surface area contributed by atoms with Crippen LogP contribution in [0.2, 0.25) is 0 Å². The average Bonchev–Trinajstić information content (AvgIpc) is 3.52. The van der Waals surface area contributed by atoms with Crippen molar-refractivity contribution in [3.05, 3.63) is 109 Å². The fourth-order valence-corrected chi connectivity index (χ4v) is 6.68. The Balaban J connectivity index is 1.67. The van der Waals surface area contributed by atoms with Gasteiger partial charge in [0.2, 0.25) is 0 Å². The molecule has 7 nitrogen and oxygen atoms in total. The van der Waals surface area contributed by atoms with Crippen LogP contribution in [0.5, 0.6) is 5.75 Å². The van der Waals surface area contributed by atoms with Crippen LogP contribution in [-0.4, -0.2) is 40.6 Å². The summed E-state index contributed by atoms with van der Waals surface area (Å²) in [5, 5.41) is 2.97. The third-order valence-electron chi connectivity index (χ3n) is 7.63. The Morgan fingerprint density at radius 3 is 2.55 bits per heavy atom. The van der Waals surface area contributed by atoms with Crippen LogP contribution >= 0.6 is 11.3 Å². The molecule has 1 amide bonds. The van der Waals surface area contributed by atoms with Crippen molar-refractivity contribution in [1.82, 2.24) is 14.5 Å². The molecule has 202 valence electrons. The number of nitrogens with one attached hydrogen (secondary N) is 1. The first-order valence-corrected chi connectivity index (χ1v) is 14.2. The molecule has 1 N–H and O–H groups in total. The smallest absolute Gasteiger partial charge is 0.271 e. The molecule has 0 saturated carbocycles. The van der Waals surface area contributed by atoms with E-state index in [0.717, 1.165) is 32.8 Å². The Morgan fingerprint density at radius 1 is 1.07 bits per heavy atom. The van der Waals surface area contributed by atoms with E-state index in [1.165, 1.54) is 11.3 Å². The minimum Gasteiger partial charge on any atom is -0.496 e. The van der Waals surface area contributed by atoms with Crippen molar-refractivity contribution >= 4 is 45.0 Å². The molecular weight excluding hydrogens is 520 g/mol. The second-order valence-electron chi connectivity index (χ2n) is 9.75. The van der Waals surface area contributed by atoms with E-state index in [4.69, 9.17) is 9.73 Å². The summed E-state index contributed by atoms with van der Waals surface area (Å²) in [5.74, 6) is 0.492. The maximum atomic E-state index is 14.3. The van der Waals surface area contributed by atoms with Gasteiger partial charge < -0.3 is 14.6 Å². The van der Waals surface area contributed by atoms with Gasteiger partial charge in [-0.05, 0) is 49.8 Å². The summed E-state index contributed by atoms with van der Waals surface area (Å²) in [6.07, 6.45) is 3.82. The summed E-state index contributed by atoms with van der Waals surface area (Å²) >= 11 is 1.34. The van der Waals surface area contributed by atoms with Crippen molar-refractivity contribution in [1.29, 1.82) is 0 Å². The fourth-order valence-electron chi connectivity index (χ4n) is 5.64. The number of carbonyl (C=O) groups excluding carboxylic acids is 1. The Bertz CT molecular complexity index is 1990. The van der Waals surface area contributed by atoms with Gasteiger partial charge in [-0.2, -0.15) is 0 Å². The van der Waals surface area contributed by atoms with E-state index in [1.54, 1.807) is 16.6 Å². The molecule has 0 bridgehead atoms. The summed E-state index contributed by atoms with van der Waals surface area (Å²) in [4.78, 5) is 38.8. The van der Waals surface area contributed by atoms with Gasteiger partial charge in [0.1, 0.15) is 11.8 Å². The van der Waals surface area contributed by atoms with Crippen LogP contribution in [-0.2, 0) is 4.79 Å². The highest BCUT2D eigenvalue weighted by Gasteiger charge is 2.36. The Kier molecular flexibility index (Phi) is 6.64. The zero-order valence-corrected chi connectivity index (χ0v) is 23.7. The van der Waals surface area contributed by atoms with Crippen molar-refractivity contribution in [3.8, 4) is 5.75 Å². The summed E-state index contributed by atoms with van der Waals surface area (Å²) in [5.41, 5.74) is 3.62. The normalized spacial score (nSPS) is 15.4. The van der Waals surface area contributed by atoms with E-state index in [2.05, 4.69) is 4.98 Å². The Morgan fingerprint density at radius 2 is 1.80 bits per heavy atom. The van der Waals surface area contributed by atoms with Gasteiger partial charge in [0.25, 0.3) is 11.5 Å². The maximum Gasteiger partial charge on any atom is 0.271 e. The minimum absolute atomic E-state index is 0.128. The molecule has 0 fully saturated rings. The molecule has 5 aromatic rings. The van der Waals surface area contributed by atoms with Gasteiger partial charge in [0, 0.05) is 41.3 Å². The number of amides is 1.